The number of carboxylic acids is 2. The van der Waals surface area contributed by atoms with Gasteiger partial charge < -0.3 is 10.2 Å². The highest BCUT2D eigenvalue weighted by atomic mass is 32.2. The highest BCUT2D eigenvalue weighted by molar-refractivity contribution is 7.93. The summed E-state index contributed by atoms with van der Waals surface area (Å²) in [4.78, 5) is 20.2. The zero-order valence-corrected chi connectivity index (χ0v) is 24.4. The monoisotopic (exact) mass is 690 g/mol. The summed E-state index contributed by atoms with van der Waals surface area (Å²) in [5, 5.41) is 18.1. The van der Waals surface area contributed by atoms with Crippen LogP contribution >= 0.6 is 0 Å². The highest BCUT2D eigenvalue weighted by Crippen LogP contribution is 2.40. The summed E-state index contributed by atoms with van der Waals surface area (Å²) in [5.74, 6) is -3.22. The van der Waals surface area contributed by atoms with Crippen molar-refractivity contribution in [2.45, 2.75) is 28.6 Å². The fourth-order valence-electron chi connectivity index (χ4n) is 4.57. The summed E-state index contributed by atoms with van der Waals surface area (Å²) < 4.78 is 139. The van der Waals surface area contributed by atoms with Gasteiger partial charge in [-0.25, -0.2) is 16.8 Å². The van der Waals surface area contributed by atoms with Gasteiger partial charge in [0.15, 0.2) is 0 Å². The quantitative estimate of drug-likeness (QED) is 0.182. The highest BCUT2D eigenvalue weighted by Gasteiger charge is 2.40. The summed E-state index contributed by atoms with van der Waals surface area (Å²) in [6, 6.07) is 11.7. The third-order valence-electron chi connectivity index (χ3n) is 6.45. The van der Waals surface area contributed by atoms with E-state index in [0.29, 0.717) is 24.3 Å². The van der Waals surface area contributed by atoms with Gasteiger partial charge in [-0.15, -0.1) is 0 Å². The van der Waals surface area contributed by atoms with Crippen LogP contribution in [0.2, 0.25) is 0 Å². The molecule has 244 valence electrons. The van der Waals surface area contributed by atoms with Crippen LogP contribution in [0, 0.1) is 0 Å². The molecule has 0 aromatic heterocycles. The van der Waals surface area contributed by atoms with Crippen molar-refractivity contribution in [1.29, 1.82) is 0 Å². The van der Waals surface area contributed by atoms with Gasteiger partial charge in [0.2, 0.25) is 0 Å². The first-order chi connectivity index (χ1) is 21.2. The number of carboxylic acid groups (broad SMARTS) is 2. The van der Waals surface area contributed by atoms with Crippen LogP contribution in [-0.4, -0.2) is 45.5 Å². The van der Waals surface area contributed by atoms with Gasteiger partial charge in [0.25, 0.3) is 20.0 Å². The summed E-state index contributed by atoms with van der Waals surface area (Å²) in [6.07, 6.45) is -11.2. The molecule has 0 atom stereocenters. The molecule has 0 saturated carbocycles. The molecule has 18 heteroatoms. The van der Waals surface area contributed by atoms with Gasteiger partial charge in [0.1, 0.15) is 6.54 Å². The molecule has 0 amide bonds. The minimum Gasteiger partial charge on any atom is -0.481 e. The normalized spacial score (nSPS) is 12.6. The van der Waals surface area contributed by atoms with E-state index in [1.165, 1.54) is 24.3 Å². The molecule has 10 nitrogen and oxygen atoms in total. The van der Waals surface area contributed by atoms with Crippen molar-refractivity contribution < 1.29 is 63.0 Å². The largest absolute Gasteiger partial charge is 0.481 e. The number of benzene rings is 4. The lowest BCUT2D eigenvalue weighted by atomic mass is 10.1. The Kier molecular flexibility index (Phi) is 9.00. The number of sulfonamides is 2. The van der Waals surface area contributed by atoms with Gasteiger partial charge >= 0.3 is 24.3 Å². The maximum absolute atomic E-state index is 13.9. The van der Waals surface area contributed by atoms with Crippen molar-refractivity contribution in [2.75, 3.05) is 15.6 Å². The maximum Gasteiger partial charge on any atom is 0.417 e. The number of aliphatic carboxylic acids is 2. The van der Waals surface area contributed by atoms with Gasteiger partial charge in [-0.2, -0.15) is 26.3 Å². The van der Waals surface area contributed by atoms with Crippen LogP contribution in [0.4, 0.5) is 37.7 Å². The Hall–Kier alpha value is -4.84. The number of fused-ring (bicyclic) bond motifs is 1. The molecule has 0 unspecified atom stereocenters. The molecular weight excluding hydrogens is 670 g/mol. The van der Waals surface area contributed by atoms with Crippen LogP contribution < -0.4 is 9.03 Å². The van der Waals surface area contributed by atoms with E-state index in [2.05, 4.69) is 0 Å². The standard InChI is InChI=1S/C28H20F6N2O8S2/c29-27(30,31)19-7-3-4-8-24(19)46(43,44)36(15-26(39)40)22-11-10-21(17-5-1-2-6-18(17)22)35-45(41,42)23-12-9-16(14-25(37)38)13-20(23)28(32,33)34/h1-13,35H,14-15H2,(H,37,38)(H,39,40). The van der Waals surface area contributed by atoms with E-state index in [-0.39, 0.29) is 20.6 Å². The van der Waals surface area contributed by atoms with Crippen molar-refractivity contribution in [3.63, 3.8) is 0 Å². The molecule has 0 bridgehead atoms. The molecule has 4 rings (SSSR count). The second kappa shape index (κ2) is 12.2. The van der Waals surface area contributed by atoms with Gasteiger partial charge in [-0.1, -0.05) is 42.5 Å². The number of hydrogen-bond donors (Lipinski definition) is 3. The number of rotatable bonds is 10. The van der Waals surface area contributed by atoms with Crippen LogP contribution in [0.5, 0.6) is 0 Å². The van der Waals surface area contributed by atoms with Crippen LogP contribution in [0.15, 0.2) is 88.7 Å². The minimum absolute atomic E-state index is 0.158. The van der Waals surface area contributed by atoms with E-state index < -0.39 is 89.6 Å². The van der Waals surface area contributed by atoms with E-state index in [1.807, 2.05) is 4.72 Å². The number of carbonyl (C=O) groups is 2. The van der Waals surface area contributed by atoms with E-state index >= 15 is 0 Å². The molecule has 0 aliphatic rings. The zero-order chi connectivity index (χ0) is 34.2. The lowest BCUT2D eigenvalue weighted by Gasteiger charge is -2.26. The Bertz CT molecular complexity index is 2060. The van der Waals surface area contributed by atoms with Gasteiger partial charge in [0.05, 0.1) is 38.7 Å². The van der Waals surface area contributed by atoms with Crippen LogP contribution in [0.3, 0.4) is 0 Å². The van der Waals surface area contributed by atoms with Crippen LogP contribution in [0.1, 0.15) is 16.7 Å². The predicted octanol–water partition coefficient (Wildman–Crippen LogP) is 5.59. The van der Waals surface area contributed by atoms with Gasteiger partial charge in [-0.3, -0.25) is 18.6 Å². The van der Waals surface area contributed by atoms with E-state index in [1.54, 1.807) is 0 Å². The molecule has 0 saturated heterocycles. The molecule has 0 aliphatic carbocycles. The first-order valence-corrected chi connectivity index (χ1v) is 15.5. The van der Waals surface area contributed by atoms with Crippen molar-refractivity contribution >= 4 is 54.1 Å². The third-order valence-corrected chi connectivity index (χ3v) is 9.69. The minimum atomic E-state index is -5.25. The molecule has 4 aromatic carbocycles. The van der Waals surface area contributed by atoms with Crippen molar-refractivity contribution in [1.82, 2.24) is 0 Å². The number of nitrogens with one attached hydrogen (secondary N) is 1. The van der Waals surface area contributed by atoms with Crippen molar-refractivity contribution in [2.24, 2.45) is 0 Å². The summed E-state index contributed by atoms with van der Waals surface area (Å²) in [6.45, 7) is -1.36. The first-order valence-electron chi connectivity index (χ1n) is 12.6. The fraction of sp³-hybridized carbons (Fsp3) is 0.143. The predicted molar refractivity (Wildman–Crippen MR) is 151 cm³/mol. The summed E-state index contributed by atoms with van der Waals surface area (Å²) >= 11 is 0. The summed E-state index contributed by atoms with van der Waals surface area (Å²) in [7, 11) is -10.3. The maximum atomic E-state index is 13.9. The molecule has 3 N–H and O–H groups in total. The lowest BCUT2D eigenvalue weighted by molar-refractivity contribution is -0.140. The molecular formula is C28H20F6N2O8S2. The number of alkyl halides is 6. The van der Waals surface area contributed by atoms with Gasteiger partial charge in [-0.05, 0) is 42.0 Å². The van der Waals surface area contributed by atoms with Crippen LogP contribution in [0.25, 0.3) is 10.8 Å². The molecule has 0 radical (unpaired) electrons. The van der Waals surface area contributed by atoms with E-state index in [4.69, 9.17) is 5.11 Å². The summed E-state index contributed by atoms with van der Waals surface area (Å²) in [5.41, 5.74) is -4.45. The Morgan fingerprint density at radius 2 is 1.28 bits per heavy atom. The Labute approximate surface area is 256 Å². The Morgan fingerprint density at radius 3 is 1.87 bits per heavy atom. The number of nitrogens with zero attached hydrogens (tertiary/aromatic N) is 1. The second-order valence-corrected chi connectivity index (χ2v) is 13.1. The molecule has 0 aliphatic heterocycles. The van der Waals surface area contributed by atoms with Crippen molar-refractivity contribution in [3.8, 4) is 0 Å². The zero-order valence-electron chi connectivity index (χ0n) is 22.8. The molecule has 0 heterocycles. The number of hydrogen-bond acceptors (Lipinski definition) is 6. The SMILES string of the molecule is O=C(O)Cc1ccc(S(=O)(=O)Nc2ccc(N(CC(=O)O)S(=O)(=O)c3ccccc3C(F)(F)F)c3ccccc23)c(C(F)(F)F)c1. The van der Waals surface area contributed by atoms with E-state index in [9.17, 15) is 57.9 Å². The average molecular weight is 691 g/mol. The van der Waals surface area contributed by atoms with Gasteiger partial charge in [0, 0.05) is 10.8 Å². The fourth-order valence-corrected chi connectivity index (χ4v) is 7.51. The van der Waals surface area contributed by atoms with Crippen LogP contribution in [-0.2, 0) is 48.4 Å². The molecule has 0 spiro atoms. The molecule has 0 fully saturated rings. The topological polar surface area (TPSA) is 158 Å². The van der Waals surface area contributed by atoms with E-state index in [0.717, 1.165) is 30.3 Å². The van der Waals surface area contributed by atoms with Crippen molar-refractivity contribution in [3.05, 3.63) is 95.6 Å². The number of halogens is 6. The molecule has 46 heavy (non-hydrogen) atoms. The molecule has 4 aromatic rings. The number of anilines is 2. The first kappa shape index (κ1) is 34.0. The smallest absolute Gasteiger partial charge is 0.417 e. The Balaban J connectivity index is 1.88. The third kappa shape index (κ3) is 7.02. The Morgan fingerprint density at radius 1 is 0.696 bits per heavy atom. The second-order valence-electron chi connectivity index (χ2n) is 9.58. The lowest BCUT2D eigenvalue weighted by Crippen LogP contribution is -2.37. The average Bonchev–Trinajstić information content (AvgIpc) is 2.95.